The molecular weight excluding hydrogens is 272 g/mol. The minimum atomic E-state index is 0.347. The lowest BCUT2D eigenvalue weighted by atomic mass is 9.99. The number of hydrogen-bond donors (Lipinski definition) is 1. The molecule has 1 N–H and O–H groups in total. The molecule has 0 amide bonds. The molecule has 2 heteroatoms. The van der Waals surface area contributed by atoms with E-state index in [9.17, 15) is 5.11 Å². The van der Waals surface area contributed by atoms with Crippen molar-refractivity contribution >= 4 is 0 Å². The molecule has 0 aliphatic heterocycles. The third-order valence-corrected chi connectivity index (χ3v) is 3.86. The molecule has 0 atom stereocenters. The van der Waals surface area contributed by atoms with Gasteiger partial charge in [-0.1, -0.05) is 51.0 Å². The fourth-order valence-electron chi connectivity index (χ4n) is 2.56. The van der Waals surface area contributed by atoms with Crippen LogP contribution in [0.1, 0.15) is 50.7 Å². The summed E-state index contributed by atoms with van der Waals surface area (Å²) in [6.07, 6.45) is 6.26. The van der Waals surface area contributed by atoms with Crippen molar-refractivity contribution in [1.82, 2.24) is 0 Å². The Labute approximate surface area is 133 Å². The van der Waals surface area contributed by atoms with E-state index in [1.165, 1.54) is 5.56 Å². The molecule has 2 aromatic rings. The molecule has 118 valence electrons. The van der Waals surface area contributed by atoms with Gasteiger partial charge in [0.15, 0.2) is 0 Å². The number of phenols is 1. The molecule has 0 saturated carbocycles. The average Bonchev–Trinajstić information content (AvgIpc) is 2.55. The number of rotatable bonds is 8. The Balaban J connectivity index is 2.37. The molecule has 0 bridgehead atoms. The first kappa shape index (κ1) is 16.4. The highest BCUT2D eigenvalue weighted by atomic mass is 16.5. The Hall–Kier alpha value is -1.96. The maximum Gasteiger partial charge on any atom is 0.137 e. The molecule has 22 heavy (non-hydrogen) atoms. The number of phenolic OH excluding ortho intramolecular Hbond substituents is 1. The van der Waals surface area contributed by atoms with Gasteiger partial charge in [-0.05, 0) is 49.4 Å². The largest absolute Gasteiger partial charge is 0.508 e. The van der Waals surface area contributed by atoms with E-state index < -0.39 is 0 Å². The lowest BCUT2D eigenvalue weighted by Crippen LogP contribution is -1.99. The van der Waals surface area contributed by atoms with Crippen molar-refractivity contribution in [2.24, 2.45) is 0 Å². The predicted molar refractivity (Wildman–Crippen MR) is 91.8 cm³/mol. The highest BCUT2D eigenvalue weighted by molar-refractivity contribution is 5.51. The topological polar surface area (TPSA) is 29.5 Å². The molecule has 0 aliphatic carbocycles. The zero-order valence-corrected chi connectivity index (χ0v) is 13.6. The number of para-hydroxylation sites is 1. The van der Waals surface area contributed by atoms with Gasteiger partial charge in [0, 0.05) is 5.56 Å². The van der Waals surface area contributed by atoms with Crippen LogP contribution in [-0.4, -0.2) is 5.11 Å². The van der Waals surface area contributed by atoms with Crippen molar-refractivity contribution in [2.75, 3.05) is 0 Å². The van der Waals surface area contributed by atoms with Gasteiger partial charge in [-0.2, -0.15) is 0 Å². The number of ether oxygens (including phenoxy) is 1. The summed E-state index contributed by atoms with van der Waals surface area (Å²) in [6.45, 7) is 4.35. The molecular formula is C20H26O2. The number of unbranched alkanes of at least 4 members (excludes halogenated alkanes) is 2. The van der Waals surface area contributed by atoms with Crippen LogP contribution >= 0.6 is 0 Å². The highest BCUT2D eigenvalue weighted by Gasteiger charge is 2.15. The van der Waals surface area contributed by atoms with Gasteiger partial charge in [0.25, 0.3) is 0 Å². The monoisotopic (exact) mass is 298 g/mol. The van der Waals surface area contributed by atoms with Crippen molar-refractivity contribution in [3.63, 3.8) is 0 Å². The van der Waals surface area contributed by atoms with Crippen LogP contribution in [0.2, 0.25) is 0 Å². The van der Waals surface area contributed by atoms with Crippen LogP contribution in [0.5, 0.6) is 17.2 Å². The van der Waals surface area contributed by atoms with Crippen molar-refractivity contribution in [3.05, 3.63) is 53.6 Å². The zero-order valence-electron chi connectivity index (χ0n) is 13.6. The van der Waals surface area contributed by atoms with Crippen LogP contribution in [0.3, 0.4) is 0 Å². The molecule has 0 aromatic heterocycles. The Morgan fingerprint density at radius 3 is 2.23 bits per heavy atom. The summed E-state index contributed by atoms with van der Waals surface area (Å²) in [7, 11) is 0. The summed E-state index contributed by atoms with van der Waals surface area (Å²) in [4.78, 5) is 0. The quantitative estimate of drug-likeness (QED) is 0.660. The molecule has 0 saturated heterocycles. The van der Waals surface area contributed by atoms with Gasteiger partial charge >= 0.3 is 0 Å². The maximum atomic E-state index is 10.3. The van der Waals surface area contributed by atoms with Crippen LogP contribution in [0, 0.1) is 0 Å². The smallest absolute Gasteiger partial charge is 0.137 e. The fourth-order valence-corrected chi connectivity index (χ4v) is 2.56. The molecule has 0 heterocycles. The lowest BCUT2D eigenvalue weighted by molar-refractivity contribution is 0.437. The summed E-state index contributed by atoms with van der Waals surface area (Å²) in [5.74, 6) is 2.02. The molecule has 0 fully saturated rings. The van der Waals surface area contributed by atoms with Crippen LogP contribution in [0.4, 0.5) is 0 Å². The highest BCUT2D eigenvalue weighted by Crippen LogP contribution is 2.36. The van der Waals surface area contributed by atoms with E-state index in [1.807, 2.05) is 42.5 Å². The molecule has 2 rings (SSSR count). The van der Waals surface area contributed by atoms with Crippen molar-refractivity contribution in [2.45, 2.75) is 52.4 Å². The average molecular weight is 298 g/mol. The van der Waals surface area contributed by atoms with E-state index in [2.05, 4.69) is 13.8 Å². The minimum absolute atomic E-state index is 0.347. The van der Waals surface area contributed by atoms with Crippen LogP contribution in [0.15, 0.2) is 42.5 Å². The Bertz CT molecular complexity index is 576. The normalized spacial score (nSPS) is 10.6. The minimum Gasteiger partial charge on any atom is -0.508 e. The van der Waals surface area contributed by atoms with Crippen LogP contribution in [-0.2, 0) is 12.8 Å². The zero-order chi connectivity index (χ0) is 15.8. The van der Waals surface area contributed by atoms with E-state index in [0.29, 0.717) is 5.75 Å². The molecule has 0 unspecified atom stereocenters. The predicted octanol–water partition coefficient (Wildman–Crippen LogP) is 5.87. The van der Waals surface area contributed by atoms with E-state index in [1.54, 1.807) is 0 Å². The van der Waals surface area contributed by atoms with Crippen molar-refractivity contribution in [3.8, 4) is 17.2 Å². The Morgan fingerprint density at radius 2 is 1.55 bits per heavy atom. The van der Waals surface area contributed by atoms with Crippen LogP contribution < -0.4 is 4.74 Å². The van der Waals surface area contributed by atoms with Gasteiger partial charge in [-0.3, -0.25) is 0 Å². The fraction of sp³-hybridized carbons (Fsp3) is 0.400. The number of aryl methyl sites for hydroxylation is 1. The second-order valence-electron chi connectivity index (χ2n) is 5.67. The number of hydrogen-bond acceptors (Lipinski definition) is 2. The SMILES string of the molecule is CCCCc1ccc(O)c(CCCC)c1Oc1ccccc1. The first-order valence-corrected chi connectivity index (χ1v) is 8.32. The standard InChI is InChI=1S/C20H26O2/c1-3-5-10-16-14-15-19(21)18(13-6-4-2)20(16)22-17-11-8-7-9-12-17/h7-9,11-12,14-15,21H,3-6,10,13H2,1-2H3. The number of aromatic hydroxyl groups is 1. The van der Waals surface area contributed by atoms with Crippen molar-refractivity contribution < 1.29 is 9.84 Å². The van der Waals surface area contributed by atoms with E-state index in [4.69, 9.17) is 4.74 Å². The summed E-state index contributed by atoms with van der Waals surface area (Å²) >= 11 is 0. The third-order valence-electron chi connectivity index (χ3n) is 3.86. The second kappa shape index (κ2) is 8.47. The van der Waals surface area contributed by atoms with Crippen molar-refractivity contribution in [1.29, 1.82) is 0 Å². The van der Waals surface area contributed by atoms with E-state index in [0.717, 1.165) is 55.6 Å². The third kappa shape index (κ3) is 4.27. The van der Waals surface area contributed by atoms with E-state index in [-0.39, 0.29) is 0 Å². The van der Waals surface area contributed by atoms with Gasteiger partial charge in [-0.15, -0.1) is 0 Å². The summed E-state index contributed by atoms with van der Waals surface area (Å²) in [6, 6.07) is 13.6. The van der Waals surface area contributed by atoms with Gasteiger partial charge < -0.3 is 9.84 Å². The first-order chi connectivity index (χ1) is 10.8. The van der Waals surface area contributed by atoms with Gasteiger partial charge in [0.1, 0.15) is 17.2 Å². The lowest BCUT2D eigenvalue weighted by Gasteiger charge is -2.17. The summed E-state index contributed by atoms with van der Waals surface area (Å²) in [5.41, 5.74) is 2.13. The Morgan fingerprint density at radius 1 is 0.864 bits per heavy atom. The first-order valence-electron chi connectivity index (χ1n) is 8.32. The maximum absolute atomic E-state index is 10.3. The molecule has 0 spiro atoms. The van der Waals surface area contributed by atoms with Gasteiger partial charge in [0.05, 0.1) is 0 Å². The second-order valence-corrected chi connectivity index (χ2v) is 5.67. The molecule has 2 nitrogen and oxygen atoms in total. The molecule has 0 aliphatic rings. The summed E-state index contributed by atoms with van der Waals surface area (Å²) < 4.78 is 6.16. The summed E-state index contributed by atoms with van der Waals surface area (Å²) in [5, 5.41) is 10.3. The molecule has 0 radical (unpaired) electrons. The molecule has 2 aromatic carbocycles. The van der Waals surface area contributed by atoms with Crippen LogP contribution in [0.25, 0.3) is 0 Å². The van der Waals surface area contributed by atoms with Gasteiger partial charge in [-0.25, -0.2) is 0 Å². The van der Waals surface area contributed by atoms with Gasteiger partial charge in [0.2, 0.25) is 0 Å². The Kier molecular flexibility index (Phi) is 6.32. The van der Waals surface area contributed by atoms with E-state index >= 15 is 0 Å². The number of benzene rings is 2.